The van der Waals surface area contributed by atoms with Gasteiger partial charge in [-0.3, -0.25) is 9.89 Å². The predicted molar refractivity (Wildman–Crippen MR) is 92.3 cm³/mol. The number of benzene rings is 1. The lowest BCUT2D eigenvalue weighted by Crippen LogP contribution is -2.12. The molecule has 0 spiro atoms. The molecule has 24 heavy (non-hydrogen) atoms. The predicted octanol–water partition coefficient (Wildman–Crippen LogP) is 2.99. The van der Waals surface area contributed by atoms with Crippen LogP contribution >= 0.6 is 0 Å². The Bertz CT molecular complexity index is 901. The summed E-state index contributed by atoms with van der Waals surface area (Å²) in [6.07, 6.45) is 0. The van der Waals surface area contributed by atoms with Crippen molar-refractivity contribution >= 4 is 17.2 Å². The zero-order valence-electron chi connectivity index (χ0n) is 14.5. The van der Waals surface area contributed by atoms with Crippen molar-refractivity contribution in [3.8, 4) is 17.1 Å². The first-order chi connectivity index (χ1) is 11.3. The Labute approximate surface area is 140 Å². The van der Waals surface area contributed by atoms with Crippen LogP contribution < -0.4 is 10.1 Å². The Morgan fingerprint density at radius 1 is 1.29 bits per heavy atom. The summed E-state index contributed by atoms with van der Waals surface area (Å²) >= 11 is 0. The van der Waals surface area contributed by atoms with Gasteiger partial charge in [-0.25, -0.2) is 0 Å². The largest absolute Gasteiger partial charge is 0.496 e. The van der Waals surface area contributed by atoms with Gasteiger partial charge in [0.05, 0.1) is 18.4 Å². The van der Waals surface area contributed by atoms with E-state index in [1.807, 2.05) is 12.1 Å². The summed E-state index contributed by atoms with van der Waals surface area (Å²) in [6.45, 7) is 7.80. The highest BCUT2D eigenvalue weighted by molar-refractivity contribution is 5.90. The quantitative estimate of drug-likeness (QED) is 0.774. The molecule has 0 aliphatic heterocycles. The topological polar surface area (TPSA) is 84.3 Å². The molecule has 0 fully saturated rings. The molecule has 0 aliphatic carbocycles. The van der Waals surface area contributed by atoms with Gasteiger partial charge in [0.2, 0.25) is 5.91 Å². The van der Waals surface area contributed by atoms with Gasteiger partial charge in [-0.1, -0.05) is 20.8 Å². The zero-order valence-corrected chi connectivity index (χ0v) is 14.5. The molecule has 7 nitrogen and oxygen atoms in total. The van der Waals surface area contributed by atoms with Gasteiger partial charge in [-0.15, -0.1) is 0 Å². The van der Waals surface area contributed by atoms with Crippen LogP contribution in [-0.4, -0.2) is 32.8 Å². The molecule has 126 valence electrons. The van der Waals surface area contributed by atoms with Crippen molar-refractivity contribution in [2.45, 2.75) is 33.1 Å². The van der Waals surface area contributed by atoms with Crippen molar-refractivity contribution < 1.29 is 9.53 Å². The molecule has 3 rings (SSSR count). The molecule has 1 amide bonds. The third-order valence-corrected chi connectivity index (χ3v) is 3.72. The smallest absolute Gasteiger partial charge is 0.221 e. The minimum absolute atomic E-state index is 0.0632. The molecule has 3 aromatic rings. The second-order valence-corrected chi connectivity index (χ2v) is 6.72. The number of hydrogen-bond donors (Lipinski definition) is 2. The number of aromatic nitrogens is 4. The minimum atomic E-state index is -0.132. The fourth-order valence-corrected chi connectivity index (χ4v) is 2.48. The van der Waals surface area contributed by atoms with Crippen molar-refractivity contribution in [2.24, 2.45) is 0 Å². The summed E-state index contributed by atoms with van der Waals surface area (Å²) in [5.74, 6) is 1.15. The number of H-pyrrole nitrogens is 1. The molecule has 0 radical (unpaired) electrons. The molecule has 2 heterocycles. The van der Waals surface area contributed by atoms with E-state index in [4.69, 9.17) is 4.74 Å². The Morgan fingerprint density at radius 2 is 2.04 bits per heavy atom. The van der Waals surface area contributed by atoms with Crippen LogP contribution in [0.2, 0.25) is 0 Å². The van der Waals surface area contributed by atoms with Gasteiger partial charge in [-0.05, 0) is 18.2 Å². The second-order valence-electron chi connectivity index (χ2n) is 6.72. The molecular weight excluding hydrogens is 306 g/mol. The number of rotatable bonds is 3. The van der Waals surface area contributed by atoms with Crippen molar-refractivity contribution in [1.82, 2.24) is 19.8 Å². The van der Waals surface area contributed by atoms with Gasteiger partial charge >= 0.3 is 0 Å². The summed E-state index contributed by atoms with van der Waals surface area (Å²) in [5.41, 5.74) is 3.14. The van der Waals surface area contributed by atoms with Crippen LogP contribution in [0.5, 0.6) is 5.75 Å². The number of fused-ring (bicyclic) bond motifs is 1. The first-order valence-corrected chi connectivity index (χ1v) is 7.70. The first kappa shape index (κ1) is 16.0. The number of ether oxygens (including phenoxy) is 1. The molecule has 2 N–H and O–H groups in total. The molecule has 0 aliphatic rings. The monoisotopic (exact) mass is 327 g/mol. The van der Waals surface area contributed by atoms with E-state index in [2.05, 4.69) is 41.4 Å². The Hall–Kier alpha value is -2.83. The number of nitrogens with zero attached hydrogens (tertiary/aromatic N) is 3. The lowest BCUT2D eigenvalue weighted by molar-refractivity contribution is -0.114. The average Bonchev–Trinajstić information content (AvgIpc) is 3.06. The van der Waals surface area contributed by atoms with Gasteiger partial charge in [-0.2, -0.15) is 14.7 Å². The highest BCUT2D eigenvalue weighted by Gasteiger charge is 2.21. The summed E-state index contributed by atoms with van der Waals surface area (Å²) in [4.78, 5) is 11.3. The number of amides is 1. The van der Waals surface area contributed by atoms with E-state index in [0.717, 1.165) is 16.9 Å². The van der Waals surface area contributed by atoms with E-state index in [1.54, 1.807) is 23.8 Å². The SMILES string of the molecule is COc1ccc(NC(C)=O)cc1-c1n[nH]c2cc(C(C)(C)C)nn12. The summed E-state index contributed by atoms with van der Waals surface area (Å²) in [5, 5.41) is 14.8. The number of carbonyl (C=O) groups excluding carboxylic acids is 1. The van der Waals surface area contributed by atoms with Crippen LogP contribution in [0, 0.1) is 0 Å². The van der Waals surface area contributed by atoms with Gasteiger partial charge in [0.25, 0.3) is 0 Å². The maximum absolute atomic E-state index is 11.3. The van der Waals surface area contributed by atoms with E-state index in [-0.39, 0.29) is 11.3 Å². The first-order valence-electron chi connectivity index (χ1n) is 7.70. The van der Waals surface area contributed by atoms with Crippen LogP contribution in [0.15, 0.2) is 24.3 Å². The average molecular weight is 327 g/mol. The third kappa shape index (κ3) is 2.84. The zero-order chi connectivity index (χ0) is 17.5. The summed E-state index contributed by atoms with van der Waals surface area (Å²) in [6, 6.07) is 7.40. The van der Waals surface area contributed by atoms with Gasteiger partial charge in [0, 0.05) is 24.1 Å². The Kier molecular flexibility index (Phi) is 3.79. The molecule has 0 saturated carbocycles. The fourth-order valence-electron chi connectivity index (χ4n) is 2.48. The van der Waals surface area contributed by atoms with E-state index in [1.165, 1.54) is 6.92 Å². The Morgan fingerprint density at radius 3 is 2.67 bits per heavy atom. The van der Waals surface area contributed by atoms with Gasteiger partial charge in [0.1, 0.15) is 5.75 Å². The van der Waals surface area contributed by atoms with Crippen LogP contribution in [-0.2, 0) is 10.2 Å². The number of methoxy groups -OCH3 is 1. The van der Waals surface area contributed by atoms with E-state index >= 15 is 0 Å². The van der Waals surface area contributed by atoms with Crippen LogP contribution in [0.25, 0.3) is 17.0 Å². The number of carbonyl (C=O) groups is 1. The summed E-state index contributed by atoms with van der Waals surface area (Å²) < 4.78 is 7.20. The number of nitrogens with one attached hydrogen (secondary N) is 2. The molecular formula is C17H21N5O2. The van der Waals surface area contributed by atoms with Crippen molar-refractivity contribution in [2.75, 3.05) is 12.4 Å². The highest BCUT2D eigenvalue weighted by atomic mass is 16.5. The highest BCUT2D eigenvalue weighted by Crippen LogP contribution is 2.32. The number of aromatic amines is 1. The van der Waals surface area contributed by atoms with Gasteiger partial charge in [0.15, 0.2) is 11.5 Å². The maximum atomic E-state index is 11.3. The molecule has 0 atom stereocenters. The third-order valence-electron chi connectivity index (χ3n) is 3.72. The maximum Gasteiger partial charge on any atom is 0.221 e. The molecule has 0 saturated heterocycles. The lowest BCUT2D eigenvalue weighted by Gasteiger charge is -2.14. The van der Waals surface area contributed by atoms with E-state index in [0.29, 0.717) is 17.3 Å². The van der Waals surface area contributed by atoms with E-state index in [9.17, 15) is 4.79 Å². The molecule has 1 aromatic carbocycles. The van der Waals surface area contributed by atoms with Crippen molar-refractivity contribution in [1.29, 1.82) is 0 Å². The fraction of sp³-hybridized carbons (Fsp3) is 0.353. The van der Waals surface area contributed by atoms with Gasteiger partial charge < -0.3 is 10.1 Å². The standard InChI is InChI=1S/C17H21N5O2/c1-10(23)18-11-6-7-13(24-5)12(8-11)16-20-19-15-9-14(17(2,3)4)21-22(15)16/h6-9,19H,1-5H3,(H,18,23). The molecule has 0 bridgehead atoms. The van der Waals surface area contributed by atoms with Crippen LogP contribution in [0.4, 0.5) is 5.69 Å². The minimum Gasteiger partial charge on any atom is -0.496 e. The second kappa shape index (κ2) is 5.67. The lowest BCUT2D eigenvalue weighted by atomic mass is 9.93. The van der Waals surface area contributed by atoms with Crippen molar-refractivity contribution in [3.63, 3.8) is 0 Å². The number of hydrogen-bond acceptors (Lipinski definition) is 4. The number of anilines is 1. The van der Waals surface area contributed by atoms with E-state index < -0.39 is 0 Å². The summed E-state index contributed by atoms with van der Waals surface area (Å²) in [7, 11) is 1.60. The Balaban J connectivity index is 2.15. The van der Waals surface area contributed by atoms with Crippen molar-refractivity contribution in [3.05, 3.63) is 30.0 Å². The van der Waals surface area contributed by atoms with Crippen LogP contribution in [0.1, 0.15) is 33.4 Å². The normalized spacial score (nSPS) is 11.7. The molecule has 2 aromatic heterocycles. The molecule has 0 unspecified atom stereocenters. The molecule has 7 heteroatoms. The van der Waals surface area contributed by atoms with Crippen LogP contribution in [0.3, 0.4) is 0 Å².